The third-order valence-electron chi connectivity index (χ3n) is 9.18. The van der Waals surface area contributed by atoms with E-state index in [4.69, 9.17) is 11.5 Å². The van der Waals surface area contributed by atoms with Crippen molar-refractivity contribution >= 4 is 38.7 Å². The molecule has 3 atom stereocenters. The van der Waals surface area contributed by atoms with Crippen molar-refractivity contribution in [3.8, 4) is 0 Å². The van der Waals surface area contributed by atoms with E-state index < -0.39 is 7.61 Å². The predicted molar refractivity (Wildman–Crippen MR) is 215 cm³/mol. The van der Waals surface area contributed by atoms with Crippen LogP contribution in [0.4, 0.5) is 0 Å². The van der Waals surface area contributed by atoms with Gasteiger partial charge in [-0.05, 0) is 40.0 Å². The number of hydrogen-bond donors (Lipinski definition) is 2. The van der Waals surface area contributed by atoms with Crippen LogP contribution in [0.25, 0.3) is 0 Å². The van der Waals surface area contributed by atoms with E-state index in [0.29, 0.717) is 25.9 Å². The van der Waals surface area contributed by atoms with E-state index in [1.807, 2.05) is 0 Å². The van der Waals surface area contributed by atoms with Gasteiger partial charge >= 0.3 is 5.97 Å². The minimum Gasteiger partial charge on any atom is -0.462 e. The van der Waals surface area contributed by atoms with Crippen LogP contribution in [-0.2, 0) is 18.5 Å². The fourth-order valence-corrected chi connectivity index (χ4v) is 6.80. The Morgan fingerprint density at radius 3 is 1.71 bits per heavy atom. The lowest BCUT2D eigenvalue weighted by molar-refractivity contribution is -0.149. The first kappa shape index (κ1) is 43.9. The molecule has 0 saturated carbocycles. The molecule has 2 N–H and O–H groups in total. The summed E-state index contributed by atoms with van der Waals surface area (Å²) in [6, 6.07) is -0.224. The van der Waals surface area contributed by atoms with Crippen LogP contribution in [0.15, 0.2) is 0 Å². The summed E-state index contributed by atoms with van der Waals surface area (Å²) in [6.45, 7) is 8.24. The molecule has 0 aromatic heterocycles. The number of carbonyl (C=O) groups is 2. The molecule has 9 heteroatoms. The molecule has 1 radical (unpaired) electrons. The van der Waals surface area contributed by atoms with E-state index in [0.717, 1.165) is 64.1 Å². The summed E-state index contributed by atoms with van der Waals surface area (Å²) in [5, 5.41) is 6.60. The first-order valence-electron chi connectivity index (χ1n) is 21.5. The van der Waals surface area contributed by atoms with Crippen LogP contribution in [-0.4, -0.2) is 53.9 Å². The zero-order valence-corrected chi connectivity index (χ0v) is 33.6. The van der Waals surface area contributed by atoms with Gasteiger partial charge in [0.25, 0.3) is 0 Å². The smallest absolute Gasteiger partial charge is 0.306 e. The maximum atomic E-state index is 12.8. The zero-order chi connectivity index (χ0) is 36.8. The Morgan fingerprint density at radius 1 is 0.708 bits per heavy atom. The van der Waals surface area contributed by atoms with Crippen molar-refractivity contribution in [2.45, 2.75) is 219 Å². The summed E-state index contributed by atoms with van der Waals surface area (Å²) in [5.41, 5.74) is 0. The number of amides is 1. The summed E-state index contributed by atoms with van der Waals surface area (Å²) in [5.74, 6) is -0.0283. The lowest BCUT2D eigenvalue weighted by atomic mass is 10.1. The Hall–Kier alpha value is -0.295. The van der Waals surface area contributed by atoms with Crippen molar-refractivity contribution in [3.05, 3.63) is 0 Å². The monoisotopic (exact) mass is 717 g/mol. The summed E-state index contributed by atoms with van der Waals surface area (Å²) in [6.07, 6.45) is 33.4. The number of ether oxygens (including phenoxy) is 1. The third kappa shape index (κ3) is 35.5. The van der Waals surface area contributed by atoms with Crippen molar-refractivity contribution in [2.75, 3.05) is 19.7 Å². The second-order valence-electron chi connectivity index (χ2n) is 13.9. The van der Waals surface area contributed by atoms with E-state index in [9.17, 15) is 9.59 Å². The van der Waals surface area contributed by atoms with Crippen LogP contribution >= 0.6 is 19.3 Å². The Labute approximate surface area is 308 Å². The minimum atomic E-state index is -1.40. The number of hydrogen-bond acceptors (Lipinski definition) is 6. The minimum absolute atomic E-state index is 0.0388. The number of nitrogens with one attached hydrogen (secondary N) is 2. The first-order chi connectivity index (χ1) is 24.5. The molecule has 0 bridgehead atoms. The number of rotatable bonds is 40. The lowest BCUT2D eigenvalue weighted by Crippen LogP contribution is -2.45. The van der Waals surface area contributed by atoms with Crippen LogP contribution in [0, 0.1) is 0 Å². The Morgan fingerprint density at radius 2 is 1.19 bits per heavy atom. The van der Waals surface area contributed by atoms with E-state index in [2.05, 4.69) is 31.4 Å². The van der Waals surface area contributed by atoms with E-state index >= 15 is 0 Å². The topological polar surface area (TPSA) is 76.7 Å². The van der Waals surface area contributed by atoms with Gasteiger partial charge in [0.2, 0.25) is 5.91 Å². The van der Waals surface area contributed by atoms with Gasteiger partial charge in [-0.2, -0.15) is 0 Å². The van der Waals surface area contributed by atoms with Gasteiger partial charge in [0.1, 0.15) is 13.6 Å². The van der Waals surface area contributed by atoms with Gasteiger partial charge in [0.15, 0.2) is 0 Å². The molecular weight excluding hydrogens is 634 g/mol. The SMILES string of the molecule is [2H]P([B][3H])SOC[C@@H](CNCC[C@@H](CCCCCCC)OC(=O)CCCCCCCCCCC)NC(=O)CCCCCCCCCCCCC. The molecule has 1 unspecified atom stereocenters. The van der Waals surface area contributed by atoms with Crippen LogP contribution in [0.1, 0.15) is 207 Å². The summed E-state index contributed by atoms with van der Waals surface area (Å²) >= 11 is 1.000. The van der Waals surface area contributed by atoms with Gasteiger partial charge in [-0.1, -0.05) is 170 Å². The molecule has 0 aliphatic carbocycles. The molecule has 6 nitrogen and oxygen atoms in total. The number of esters is 1. The average Bonchev–Trinajstić information content (AvgIpc) is 3.11. The highest BCUT2D eigenvalue weighted by atomic mass is 32.7. The quantitative estimate of drug-likeness (QED) is 0.0216. The van der Waals surface area contributed by atoms with Gasteiger partial charge < -0.3 is 19.6 Å². The van der Waals surface area contributed by atoms with Crippen molar-refractivity contribution < 1.29 is 18.5 Å². The van der Waals surface area contributed by atoms with Crippen LogP contribution in [0.5, 0.6) is 0 Å². The van der Waals surface area contributed by atoms with E-state index in [-0.39, 0.29) is 30.6 Å². The van der Waals surface area contributed by atoms with Gasteiger partial charge in [-0.3, -0.25) is 9.59 Å². The molecule has 0 fully saturated rings. The molecule has 0 saturated heterocycles. The van der Waals surface area contributed by atoms with Crippen molar-refractivity contribution in [1.82, 2.24) is 10.6 Å². The average molecular weight is 717 g/mol. The molecule has 48 heavy (non-hydrogen) atoms. The Kier molecular flexibility index (Phi) is 36.1. The second kappa shape index (κ2) is 39.5. The van der Waals surface area contributed by atoms with Crippen LogP contribution in [0.2, 0.25) is 0 Å². The summed E-state index contributed by atoms with van der Waals surface area (Å²) in [4.78, 5) is 25.5. The van der Waals surface area contributed by atoms with Crippen LogP contribution in [0.3, 0.4) is 0 Å². The maximum absolute atomic E-state index is 12.8. The Bertz CT molecular complexity index is 750. The van der Waals surface area contributed by atoms with Crippen molar-refractivity contribution in [1.29, 1.82) is 2.61 Å². The molecule has 0 aliphatic heterocycles. The van der Waals surface area contributed by atoms with Crippen molar-refractivity contribution in [2.24, 2.45) is 0 Å². The Balaban J connectivity index is 4.58. The van der Waals surface area contributed by atoms with E-state index in [1.165, 1.54) is 128 Å². The first-order valence-corrected chi connectivity index (χ1v) is 22.8. The third-order valence-corrected chi connectivity index (χ3v) is 10.1. The largest absolute Gasteiger partial charge is 0.462 e. The highest BCUT2D eigenvalue weighted by Gasteiger charge is 2.16. The summed E-state index contributed by atoms with van der Waals surface area (Å²) < 4.78 is 26.7. The standard InChI is InChI=1S/C39H79BN2O4PS/c1-4-7-10-13-15-17-18-20-21-24-27-30-38(43)42-36(35-45-48-47-40)34-41-33-32-37(29-26-23-12-9-6-3)46-39(44)31-28-25-22-19-16-14-11-8-5-2/h36-37,40-41,47H,4-35H2,1-3H3,(H,42,43)/t36-,37-,47?/m1/s1/i40T,47D. The molecule has 0 rings (SSSR count). The molecule has 283 valence electrons. The van der Waals surface area contributed by atoms with Gasteiger partial charge in [0, 0.05) is 31.0 Å². The van der Waals surface area contributed by atoms with Crippen LogP contribution < -0.4 is 10.6 Å². The molecule has 0 aromatic rings. The second-order valence-corrected chi connectivity index (χ2v) is 15.6. The predicted octanol–water partition coefficient (Wildman–Crippen LogP) is 11.4. The fourth-order valence-electron chi connectivity index (χ4n) is 6.15. The number of carbonyl (C=O) groups excluding carboxylic acids is 2. The normalized spacial score (nSPS) is 13.8. The highest BCUT2D eigenvalue weighted by Crippen LogP contribution is 2.24. The molecule has 0 aromatic carbocycles. The number of unbranched alkanes of at least 4 members (excludes halogenated alkanes) is 22. The van der Waals surface area contributed by atoms with Crippen molar-refractivity contribution in [3.63, 3.8) is 0 Å². The molecule has 0 aliphatic rings. The van der Waals surface area contributed by atoms with Gasteiger partial charge in [0.05, 0.1) is 13.9 Å². The molecule has 0 spiro atoms. The highest BCUT2D eigenvalue weighted by molar-refractivity contribution is 8.53. The zero-order valence-electron chi connectivity index (χ0n) is 33.8. The van der Waals surface area contributed by atoms with Gasteiger partial charge in [-0.15, -0.1) is 0 Å². The maximum Gasteiger partial charge on any atom is 0.306 e. The molecule has 1 amide bonds. The lowest BCUT2D eigenvalue weighted by Gasteiger charge is -2.21. The fraction of sp³-hybridized carbons (Fsp3) is 0.949. The molecule has 0 heterocycles. The van der Waals surface area contributed by atoms with E-state index in [1.54, 1.807) is 0 Å². The summed E-state index contributed by atoms with van der Waals surface area (Å²) in [7, 11) is -0.308. The molecular formula is C39H79BN2O4PS. The van der Waals surface area contributed by atoms with Gasteiger partial charge in [-0.25, -0.2) is 0 Å².